The van der Waals surface area contributed by atoms with Crippen LogP contribution in [-0.2, 0) is 0 Å². The van der Waals surface area contributed by atoms with Gasteiger partial charge in [0.25, 0.3) is 0 Å². The van der Waals surface area contributed by atoms with E-state index in [0.717, 1.165) is 5.69 Å². The molecular formula is C15H18N2OS. The van der Waals surface area contributed by atoms with E-state index in [9.17, 15) is 4.79 Å². The van der Waals surface area contributed by atoms with Gasteiger partial charge in [0.05, 0.1) is 6.04 Å². The van der Waals surface area contributed by atoms with Crippen molar-refractivity contribution in [2.24, 2.45) is 0 Å². The third-order valence-corrected chi connectivity index (χ3v) is 4.40. The van der Waals surface area contributed by atoms with Gasteiger partial charge in [0.1, 0.15) is 0 Å². The molecule has 0 aliphatic rings. The molecule has 100 valence electrons. The number of hydrogen-bond acceptors (Lipinski definition) is 4. The van der Waals surface area contributed by atoms with Gasteiger partial charge in [-0.1, -0.05) is 6.07 Å². The van der Waals surface area contributed by atoms with Crippen molar-refractivity contribution in [3.63, 3.8) is 0 Å². The van der Waals surface area contributed by atoms with Gasteiger partial charge in [-0.2, -0.15) is 0 Å². The smallest absolute Gasteiger partial charge is 0.161 e. The largest absolute Gasteiger partial charge is 0.398 e. The SMILES string of the molecule is CC(=O)c1cc(N(C)C(C)c2cccs2)ccc1N. The molecule has 1 atom stereocenters. The number of benzene rings is 1. The zero-order valence-corrected chi connectivity index (χ0v) is 12.2. The van der Waals surface area contributed by atoms with Crippen LogP contribution in [0, 0.1) is 0 Å². The summed E-state index contributed by atoms with van der Waals surface area (Å²) in [7, 11) is 2.03. The molecule has 2 rings (SSSR count). The van der Waals surface area contributed by atoms with Crippen LogP contribution in [0.25, 0.3) is 0 Å². The first-order valence-electron chi connectivity index (χ1n) is 6.17. The van der Waals surface area contributed by atoms with Gasteiger partial charge in [-0.3, -0.25) is 4.79 Å². The average Bonchev–Trinajstić information content (AvgIpc) is 2.91. The van der Waals surface area contributed by atoms with Crippen LogP contribution in [0.3, 0.4) is 0 Å². The molecule has 1 heterocycles. The van der Waals surface area contributed by atoms with Crippen molar-refractivity contribution >= 4 is 28.5 Å². The molecule has 19 heavy (non-hydrogen) atoms. The van der Waals surface area contributed by atoms with E-state index in [1.54, 1.807) is 17.4 Å². The minimum atomic E-state index is -0.00322. The van der Waals surface area contributed by atoms with Crippen molar-refractivity contribution < 1.29 is 4.79 Å². The summed E-state index contributed by atoms with van der Waals surface area (Å²) in [5.74, 6) is -0.00322. The molecule has 0 saturated carbocycles. The molecule has 1 aromatic carbocycles. The van der Waals surface area contributed by atoms with E-state index >= 15 is 0 Å². The minimum Gasteiger partial charge on any atom is -0.398 e. The fourth-order valence-corrected chi connectivity index (χ4v) is 2.84. The summed E-state index contributed by atoms with van der Waals surface area (Å²) in [6, 6.07) is 10.0. The molecule has 0 aliphatic heterocycles. The molecule has 0 saturated heterocycles. The number of nitrogens with two attached hydrogens (primary N) is 1. The Balaban J connectivity index is 2.31. The lowest BCUT2D eigenvalue weighted by molar-refractivity contribution is 0.101. The van der Waals surface area contributed by atoms with Crippen molar-refractivity contribution in [2.75, 3.05) is 17.7 Å². The average molecular weight is 274 g/mol. The van der Waals surface area contributed by atoms with Crippen molar-refractivity contribution in [1.82, 2.24) is 0 Å². The maximum atomic E-state index is 11.5. The Labute approximate surface area is 117 Å². The summed E-state index contributed by atoms with van der Waals surface area (Å²) in [5.41, 5.74) is 7.95. The van der Waals surface area contributed by atoms with Crippen LogP contribution in [0.1, 0.15) is 35.1 Å². The Morgan fingerprint density at radius 1 is 1.37 bits per heavy atom. The number of anilines is 2. The number of carbonyl (C=O) groups excluding carboxylic acids is 1. The van der Waals surface area contributed by atoms with Crippen LogP contribution in [0.2, 0.25) is 0 Å². The van der Waals surface area contributed by atoms with Crippen LogP contribution in [0.5, 0.6) is 0 Å². The van der Waals surface area contributed by atoms with Gasteiger partial charge in [0, 0.05) is 28.9 Å². The number of nitrogen functional groups attached to an aromatic ring is 1. The highest BCUT2D eigenvalue weighted by molar-refractivity contribution is 7.10. The van der Waals surface area contributed by atoms with Crippen LogP contribution in [0.4, 0.5) is 11.4 Å². The van der Waals surface area contributed by atoms with Crippen LogP contribution < -0.4 is 10.6 Å². The lowest BCUT2D eigenvalue weighted by atomic mass is 10.1. The van der Waals surface area contributed by atoms with E-state index in [2.05, 4.69) is 23.3 Å². The first-order valence-corrected chi connectivity index (χ1v) is 7.05. The lowest BCUT2D eigenvalue weighted by Gasteiger charge is -2.26. The van der Waals surface area contributed by atoms with Gasteiger partial charge in [-0.05, 0) is 43.5 Å². The molecule has 2 aromatic rings. The molecule has 1 unspecified atom stereocenters. The van der Waals surface area contributed by atoms with Crippen molar-refractivity contribution in [2.45, 2.75) is 19.9 Å². The third kappa shape index (κ3) is 2.79. The van der Waals surface area contributed by atoms with E-state index in [0.29, 0.717) is 11.3 Å². The molecule has 0 fully saturated rings. The molecule has 2 N–H and O–H groups in total. The van der Waals surface area contributed by atoms with Gasteiger partial charge in [0.2, 0.25) is 0 Å². The maximum Gasteiger partial charge on any atom is 0.161 e. The summed E-state index contributed by atoms with van der Waals surface area (Å²) < 4.78 is 0. The minimum absolute atomic E-state index is 0.00322. The molecule has 0 bridgehead atoms. The van der Waals surface area contributed by atoms with Crippen LogP contribution in [0.15, 0.2) is 35.7 Å². The number of hydrogen-bond donors (Lipinski definition) is 1. The van der Waals surface area contributed by atoms with E-state index in [1.165, 1.54) is 11.8 Å². The van der Waals surface area contributed by atoms with Crippen molar-refractivity contribution in [3.8, 4) is 0 Å². The number of rotatable bonds is 4. The fourth-order valence-electron chi connectivity index (χ4n) is 2.01. The van der Waals surface area contributed by atoms with Gasteiger partial charge in [-0.25, -0.2) is 0 Å². The Bertz CT molecular complexity index is 578. The highest BCUT2D eigenvalue weighted by atomic mass is 32.1. The second-order valence-electron chi connectivity index (χ2n) is 4.63. The topological polar surface area (TPSA) is 46.3 Å². The van der Waals surface area contributed by atoms with E-state index < -0.39 is 0 Å². The number of Topliss-reactive ketones (excluding diaryl/α,β-unsaturated/α-hetero) is 1. The maximum absolute atomic E-state index is 11.5. The second-order valence-corrected chi connectivity index (χ2v) is 5.61. The van der Waals surface area contributed by atoms with Crippen molar-refractivity contribution in [3.05, 3.63) is 46.2 Å². The number of thiophene rings is 1. The Kier molecular flexibility index (Phi) is 3.90. The van der Waals surface area contributed by atoms with E-state index in [-0.39, 0.29) is 11.8 Å². The Morgan fingerprint density at radius 2 is 2.11 bits per heavy atom. The number of ketones is 1. The molecule has 0 spiro atoms. The highest BCUT2D eigenvalue weighted by Crippen LogP contribution is 2.30. The molecule has 4 heteroatoms. The summed E-state index contributed by atoms with van der Waals surface area (Å²) >= 11 is 1.73. The molecule has 1 aromatic heterocycles. The zero-order valence-electron chi connectivity index (χ0n) is 11.4. The predicted molar refractivity (Wildman–Crippen MR) is 82.0 cm³/mol. The molecule has 3 nitrogen and oxygen atoms in total. The standard InChI is InChI=1S/C15H18N2OS/c1-10(15-5-4-8-19-15)17(3)12-6-7-14(16)13(9-12)11(2)18/h4-10H,16H2,1-3H3. The quantitative estimate of drug-likeness (QED) is 0.682. The van der Waals surface area contributed by atoms with Gasteiger partial charge < -0.3 is 10.6 Å². The summed E-state index contributed by atoms with van der Waals surface area (Å²) in [5, 5.41) is 2.07. The summed E-state index contributed by atoms with van der Waals surface area (Å²) in [6.45, 7) is 3.69. The first kappa shape index (κ1) is 13.6. The Morgan fingerprint density at radius 3 is 2.68 bits per heavy atom. The number of carbonyl (C=O) groups is 1. The lowest BCUT2D eigenvalue weighted by Crippen LogP contribution is -2.21. The molecule has 0 amide bonds. The summed E-state index contributed by atoms with van der Waals surface area (Å²) in [6.07, 6.45) is 0. The highest BCUT2D eigenvalue weighted by Gasteiger charge is 2.15. The van der Waals surface area contributed by atoms with E-state index in [1.807, 2.05) is 25.2 Å². The van der Waals surface area contributed by atoms with Gasteiger partial charge >= 0.3 is 0 Å². The molecule has 0 radical (unpaired) electrons. The third-order valence-electron chi connectivity index (χ3n) is 3.36. The summed E-state index contributed by atoms with van der Waals surface area (Å²) in [4.78, 5) is 15.0. The van der Waals surface area contributed by atoms with Gasteiger partial charge in [0.15, 0.2) is 5.78 Å². The fraction of sp³-hybridized carbons (Fsp3) is 0.267. The van der Waals surface area contributed by atoms with Gasteiger partial charge in [-0.15, -0.1) is 11.3 Å². The first-order chi connectivity index (χ1) is 9.00. The molecule has 0 aliphatic carbocycles. The monoisotopic (exact) mass is 274 g/mol. The second kappa shape index (κ2) is 5.45. The number of nitrogens with zero attached hydrogens (tertiary/aromatic N) is 1. The van der Waals surface area contributed by atoms with Crippen molar-refractivity contribution in [1.29, 1.82) is 0 Å². The predicted octanol–water partition coefficient (Wildman–Crippen LogP) is 3.73. The Hall–Kier alpha value is -1.81. The van der Waals surface area contributed by atoms with E-state index in [4.69, 9.17) is 5.73 Å². The van der Waals surface area contributed by atoms with Crippen LogP contribution >= 0.6 is 11.3 Å². The molecular weight excluding hydrogens is 256 g/mol. The normalized spacial score (nSPS) is 12.2. The van der Waals surface area contributed by atoms with Crippen LogP contribution in [-0.4, -0.2) is 12.8 Å². The zero-order chi connectivity index (χ0) is 14.0.